The average Bonchev–Trinajstić information content (AvgIpc) is 3.00. The highest BCUT2D eigenvalue weighted by Gasteiger charge is 2.27. The van der Waals surface area contributed by atoms with Gasteiger partial charge in [-0.3, -0.25) is 9.78 Å². The van der Waals surface area contributed by atoms with E-state index in [2.05, 4.69) is 4.98 Å². The van der Waals surface area contributed by atoms with Gasteiger partial charge in [-0.1, -0.05) is 0 Å². The van der Waals surface area contributed by atoms with E-state index in [9.17, 15) is 4.79 Å². The summed E-state index contributed by atoms with van der Waals surface area (Å²) in [6, 6.07) is 0. The summed E-state index contributed by atoms with van der Waals surface area (Å²) in [4.78, 5) is 17.3. The number of carbonyl (C=O) groups is 1. The maximum Gasteiger partial charge on any atom is 0.254 e. The molecule has 1 aliphatic rings. The van der Waals surface area contributed by atoms with E-state index in [-0.39, 0.29) is 6.10 Å². The van der Waals surface area contributed by atoms with Crippen molar-refractivity contribution in [2.24, 2.45) is 5.73 Å². The van der Waals surface area contributed by atoms with Crippen molar-refractivity contribution in [3.8, 4) is 5.75 Å². The van der Waals surface area contributed by atoms with Crippen molar-refractivity contribution < 1.29 is 9.53 Å². The van der Waals surface area contributed by atoms with E-state index in [0.717, 1.165) is 12.8 Å². The molecule has 5 nitrogen and oxygen atoms in total. The van der Waals surface area contributed by atoms with E-state index in [1.807, 2.05) is 14.1 Å². The predicted octanol–water partition coefficient (Wildman–Crippen LogP) is 0.788. The van der Waals surface area contributed by atoms with Crippen molar-refractivity contribution >= 4 is 11.6 Å². The molecule has 0 bridgehead atoms. The SMILES string of the molecule is CN(C)c1cncc(OC2CC2)c1C(N)=O. The van der Waals surface area contributed by atoms with Crippen LogP contribution in [-0.4, -0.2) is 31.1 Å². The Morgan fingerprint density at radius 1 is 1.50 bits per heavy atom. The molecule has 1 saturated carbocycles. The third-order valence-electron chi connectivity index (χ3n) is 2.44. The minimum absolute atomic E-state index is 0.220. The smallest absolute Gasteiger partial charge is 0.254 e. The van der Waals surface area contributed by atoms with Crippen LogP contribution in [0.5, 0.6) is 5.75 Å². The highest BCUT2D eigenvalue weighted by Crippen LogP contribution is 2.32. The summed E-state index contributed by atoms with van der Waals surface area (Å²) in [6.45, 7) is 0. The maximum atomic E-state index is 11.4. The summed E-state index contributed by atoms with van der Waals surface area (Å²) >= 11 is 0. The number of hydrogen-bond acceptors (Lipinski definition) is 4. The number of hydrogen-bond donors (Lipinski definition) is 1. The summed E-state index contributed by atoms with van der Waals surface area (Å²) < 4.78 is 5.62. The van der Waals surface area contributed by atoms with Gasteiger partial charge in [0.1, 0.15) is 5.56 Å². The molecule has 5 heteroatoms. The maximum absolute atomic E-state index is 11.4. The standard InChI is InChI=1S/C11H15N3O2/c1-14(2)8-5-13-6-9(10(8)11(12)15)16-7-3-4-7/h5-7H,3-4H2,1-2H3,(H2,12,15). The second-order valence-electron chi connectivity index (χ2n) is 4.11. The van der Waals surface area contributed by atoms with Crippen molar-refractivity contribution in [2.75, 3.05) is 19.0 Å². The molecule has 0 aromatic carbocycles. The molecule has 1 fully saturated rings. The Hall–Kier alpha value is -1.78. The number of pyridine rings is 1. The normalized spacial score (nSPS) is 14.6. The number of rotatable bonds is 4. The van der Waals surface area contributed by atoms with Gasteiger partial charge < -0.3 is 15.4 Å². The van der Waals surface area contributed by atoms with Gasteiger partial charge in [-0.2, -0.15) is 0 Å². The molecule has 1 aliphatic carbocycles. The van der Waals surface area contributed by atoms with E-state index in [0.29, 0.717) is 17.0 Å². The number of nitrogens with two attached hydrogens (primary N) is 1. The molecule has 2 N–H and O–H groups in total. The lowest BCUT2D eigenvalue weighted by molar-refractivity contribution is 0.0996. The molecule has 1 aromatic heterocycles. The molecule has 0 unspecified atom stereocenters. The molecular formula is C11H15N3O2. The number of nitrogens with zero attached hydrogens (tertiary/aromatic N) is 2. The lowest BCUT2D eigenvalue weighted by Crippen LogP contribution is -2.20. The average molecular weight is 221 g/mol. The fourth-order valence-electron chi connectivity index (χ4n) is 1.47. The lowest BCUT2D eigenvalue weighted by atomic mass is 10.2. The minimum Gasteiger partial charge on any atom is -0.488 e. The zero-order valence-corrected chi connectivity index (χ0v) is 9.43. The highest BCUT2D eigenvalue weighted by atomic mass is 16.5. The third kappa shape index (κ3) is 2.08. The molecule has 1 amide bonds. The van der Waals surface area contributed by atoms with E-state index in [1.54, 1.807) is 17.3 Å². The summed E-state index contributed by atoms with van der Waals surface area (Å²) in [7, 11) is 3.68. The van der Waals surface area contributed by atoms with Crippen molar-refractivity contribution in [1.82, 2.24) is 4.98 Å². The second-order valence-corrected chi connectivity index (χ2v) is 4.11. The van der Waals surface area contributed by atoms with Gasteiger partial charge in [0.05, 0.1) is 24.2 Å². The van der Waals surface area contributed by atoms with Crippen LogP contribution in [0.3, 0.4) is 0 Å². The van der Waals surface area contributed by atoms with Crippen molar-refractivity contribution in [3.63, 3.8) is 0 Å². The first kappa shape index (κ1) is 10.7. The zero-order valence-electron chi connectivity index (χ0n) is 9.43. The molecule has 1 aromatic rings. The Morgan fingerprint density at radius 3 is 2.69 bits per heavy atom. The van der Waals surface area contributed by atoms with Gasteiger partial charge in [-0.05, 0) is 12.8 Å². The van der Waals surface area contributed by atoms with Crippen LogP contribution >= 0.6 is 0 Å². The number of amides is 1. The number of ether oxygens (including phenoxy) is 1. The molecular weight excluding hydrogens is 206 g/mol. The van der Waals surface area contributed by atoms with Gasteiger partial charge in [0, 0.05) is 14.1 Å². The van der Waals surface area contributed by atoms with Gasteiger partial charge in [-0.25, -0.2) is 0 Å². The summed E-state index contributed by atoms with van der Waals surface area (Å²) in [5.41, 5.74) is 6.47. The number of anilines is 1. The minimum atomic E-state index is -0.484. The van der Waals surface area contributed by atoms with Crippen LogP contribution in [0.4, 0.5) is 5.69 Å². The summed E-state index contributed by atoms with van der Waals surface area (Å²) in [6.07, 6.45) is 5.44. The second kappa shape index (κ2) is 4.00. The molecule has 1 heterocycles. The van der Waals surface area contributed by atoms with Crippen molar-refractivity contribution in [1.29, 1.82) is 0 Å². The van der Waals surface area contributed by atoms with Crippen LogP contribution in [0, 0.1) is 0 Å². The molecule has 0 saturated heterocycles. The van der Waals surface area contributed by atoms with Crippen molar-refractivity contribution in [2.45, 2.75) is 18.9 Å². The van der Waals surface area contributed by atoms with Gasteiger partial charge in [0.25, 0.3) is 5.91 Å². The van der Waals surface area contributed by atoms with Crippen LogP contribution in [0.2, 0.25) is 0 Å². The Labute approximate surface area is 94.2 Å². The molecule has 0 aliphatic heterocycles. The molecule has 0 radical (unpaired) electrons. The van der Waals surface area contributed by atoms with E-state index < -0.39 is 5.91 Å². The van der Waals surface area contributed by atoms with Crippen LogP contribution in [0.25, 0.3) is 0 Å². The lowest BCUT2D eigenvalue weighted by Gasteiger charge is -2.17. The number of primary amides is 1. The molecule has 2 rings (SSSR count). The molecule has 0 atom stereocenters. The molecule has 16 heavy (non-hydrogen) atoms. The molecule has 86 valence electrons. The number of aromatic nitrogens is 1. The van der Waals surface area contributed by atoms with Crippen LogP contribution in [-0.2, 0) is 0 Å². The van der Waals surface area contributed by atoms with Gasteiger partial charge in [0.15, 0.2) is 5.75 Å². The Balaban J connectivity index is 2.41. The fraction of sp³-hybridized carbons (Fsp3) is 0.455. The topological polar surface area (TPSA) is 68.5 Å². The van der Waals surface area contributed by atoms with Gasteiger partial charge in [0.2, 0.25) is 0 Å². The fourth-order valence-corrected chi connectivity index (χ4v) is 1.47. The summed E-state index contributed by atoms with van der Waals surface area (Å²) in [5.74, 6) is 0.00273. The van der Waals surface area contributed by atoms with Crippen LogP contribution in [0.15, 0.2) is 12.4 Å². The van der Waals surface area contributed by atoms with Crippen molar-refractivity contribution in [3.05, 3.63) is 18.0 Å². The first-order valence-electron chi connectivity index (χ1n) is 5.21. The number of carbonyl (C=O) groups excluding carboxylic acids is 1. The Bertz CT molecular complexity index is 414. The predicted molar refractivity (Wildman–Crippen MR) is 60.7 cm³/mol. The third-order valence-corrected chi connectivity index (χ3v) is 2.44. The van der Waals surface area contributed by atoms with Gasteiger partial charge >= 0.3 is 0 Å². The van der Waals surface area contributed by atoms with Crippen LogP contribution < -0.4 is 15.4 Å². The van der Waals surface area contributed by atoms with E-state index in [4.69, 9.17) is 10.5 Å². The molecule has 0 spiro atoms. The summed E-state index contributed by atoms with van der Waals surface area (Å²) in [5, 5.41) is 0. The first-order valence-corrected chi connectivity index (χ1v) is 5.21. The first-order chi connectivity index (χ1) is 7.59. The monoisotopic (exact) mass is 221 g/mol. The van der Waals surface area contributed by atoms with Gasteiger partial charge in [-0.15, -0.1) is 0 Å². The Morgan fingerprint density at radius 2 is 2.19 bits per heavy atom. The highest BCUT2D eigenvalue weighted by molar-refractivity contribution is 6.01. The zero-order chi connectivity index (χ0) is 11.7. The van der Waals surface area contributed by atoms with E-state index >= 15 is 0 Å². The quantitative estimate of drug-likeness (QED) is 0.816. The largest absolute Gasteiger partial charge is 0.488 e. The van der Waals surface area contributed by atoms with Crippen LogP contribution in [0.1, 0.15) is 23.2 Å². The Kier molecular flexibility index (Phi) is 2.68. The van der Waals surface area contributed by atoms with E-state index in [1.165, 1.54) is 0 Å².